The number of rotatable bonds is 3. The van der Waals surface area contributed by atoms with E-state index in [2.05, 4.69) is 13.0 Å². The molecule has 0 radical (unpaired) electrons. The predicted molar refractivity (Wildman–Crippen MR) is 72.5 cm³/mol. The van der Waals surface area contributed by atoms with Gasteiger partial charge in [0.2, 0.25) is 0 Å². The van der Waals surface area contributed by atoms with Crippen molar-refractivity contribution in [2.24, 2.45) is 11.8 Å². The summed E-state index contributed by atoms with van der Waals surface area (Å²) in [5.74, 6) is 0.680. The van der Waals surface area contributed by atoms with Crippen molar-refractivity contribution in [3.63, 3.8) is 0 Å². The molecule has 0 aromatic carbocycles. The van der Waals surface area contributed by atoms with Crippen LogP contribution in [-0.2, 0) is 15.5 Å². The van der Waals surface area contributed by atoms with Crippen molar-refractivity contribution < 1.29 is 8.95 Å². The van der Waals surface area contributed by atoms with Crippen LogP contribution in [0.2, 0.25) is 0 Å². The molecule has 0 amide bonds. The van der Waals surface area contributed by atoms with Crippen molar-refractivity contribution in [2.75, 3.05) is 13.2 Å². The van der Waals surface area contributed by atoms with E-state index in [9.17, 15) is 9.47 Å². The fourth-order valence-electron chi connectivity index (χ4n) is 3.14. The van der Waals surface area contributed by atoms with E-state index in [4.69, 9.17) is 4.74 Å². The number of hydrogen-bond donors (Lipinski definition) is 0. The molecule has 0 N–H and O–H groups in total. The molecule has 2 fully saturated rings. The van der Waals surface area contributed by atoms with Gasteiger partial charge in [-0.3, -0.25) is 4.21 Å². The zero-order valence-corrected chi connectivity index (χ0v) is 12.0. The molecule has 1 saturated carbocycles. The van der Waals surface area contributed by atoms with Crippen LogP contribution in [0.3, 0.4) is 0 Å². The molecular weight excluding hydrogens is 246 g/mol. The van der Waals surface area contributed by atoms with Gasteiger partial charge in [-0.05, 0) is 38.0 Å². The Morgan fingerprint density at radius 2 is 2.00 bits per heavy atom. The highest BCUT2D eigenvalue weighted by Gasteiger charge is 2.37. The normalized spacial score (nSPS) is 35.9. The highest BCUT2D eigenvalue weighted by molar-refractivity contribution is 7.86. The van der Waals surface area contributed by atoms with E-state index < -0.39 is 10.8 Å². The SMILES string of the molecule is CCC1CCC(C#N)C(S(=O)C2CCOCC2)C1. The number of nitriles is 1. The predicted octanol–water partition coefficient (Wildman–Crippen LogP) is 2.63. The molecule has 1 heterocycles. The van der Waals surface area contributed by atoms with E-state index in [0.29, 0.717) is 5.92 Å². The third-order valence-corrected chi connectivity index (χ3v) is 6.68. The van der Waals surface area contributed by atoms with Crippen molar-refractivity contribution in [1.29, 1.82) is 5.26 Å². The summed E-state index contributed by atoms with van der Waals surface area (Å²) in [6.07, 6.45) is 6.01. The maximum Gasteiger partial charge on any atom is 0.0668 e. The zero-order valence-electron chi connectivity index (χ0n) is 11.1. The van der Waals surface area contributed by atoms with Crippen LogP contribution in [0.15, 0.2) is 0 Å². The second kappa shape index (κ2) is 6.68. The van der Waals surface area contributed by atoms with Crippen molar-refractivity contribution in [3.8, 4) is 6.07 Å². The molecule has 4 unspecified atom stereocenters. The Hall–Kier alpha value is -0.400. The Kier molecular flexibility index (Phi) is 5.20. The minimum atomic E-state index is -0.848. The van der Waals surface area contributed by atoms with E-state index >= 15 is 0 Å². The molecular formula is C14H23NO2S. The molecule has 1 saturated heterocycles. The highest BCUT2D eigenvalue weighted by Crippen LogP contribution is 2.35. The third kappa shape index (κ3) is 3.13. The number of nitrogens with zero attached hydrogens (tertiary/aromatic N) is 1. The van der Waals surface area contributed by atoms with Crippen LogP contribution < -0.4 is 0 Å². The maximum absolute atomic E-state index is 12.7. The summed E-state index contributed by atoms with van der Waals surface area (Å²) in [5, 5.41) is 9.63. The lowest BCUT2D eigenvalue weighted by Crippen LogP contribution is -2.38. The Balaban J connectivity index is 2.02. The molecule has 2 rings (SSSR count). The number of hydrogen-bond acceptors (Lipinski definition) is 3. The monoisotopic (exact) mass is 269 g/mol. The summed E-state index contributed by atoms with van der Waals surface area (Å²) < 4.78 is 18.0. The van der Waals surface area contributed by atoms with Crippen LogP contribution in [0.25, 0.3) is 0 Å². The summed E-state index contributed by atoms with van der Waals surface area (Å²) in [5.41, 5.74) is 0. The van der Waals surface area contributed by atoms with Gasteiger partial charge in [-0.1, -0.05) is 13.3 Å². The average Bonchev–Trinajstić information content (AvgIpc) is 2.46. The van der Waals surface area contributed by atoms with Gasteiger partial charge in [-0.15, -0.1) is 0 Å². The molecule has 3 nitrogen and oxygen atoms in total. The standard InChI is InChI=1S/C14H23NO2S/c1-2-11-3-4-12(10-15)14(9-11)18(16)13-5-7-17-8-6-13/h11-14H,2-9H2,1H3. The largest absolute Gasteiger partial charge is 0.381 e. The van der Waals surface area contributed by atoms with E-state index in [0.717, 1.165) is 51.7 Å². The molecule has 2 aliphatic rings. The minimum Gasteiger partial charge on any atom is -0.381 e. The van der Waals surface area contributed by atoms with Gasteiger partial charge in [0, 0.05) is 29.3 Å². The van der Waals surface area contributed by atoms with E-state index in [1.165, 1.54) is 0 Å². The molecule has 4 heteroatoms. The zero-order chi connectivity index (χ0) is 13.0. The van der Waals surface area contributed by atoms with Gasteiger partial charge in [0.15, 0.2) is 0 Å². The summed E-state index contributed by atoms with van der Waals surface area (Å²) in [4.78, 5) is 0. The van der Waals surface area contributed by atoms with E-state index in [-0.39, 0.29) is 16.4 Å². The summed E-state index contributed by atoms with van der Waals surface area (Å²) in [7, 11) is -0.848. The quantitative estimate of drug-likeness (QED) is 0.791. The van der Waals surface area contributed by atoms with Crippen LogP contribution in [0.5, 0.6) is 0 Å². The average molecular weight is 269 g/mol. The summed E-state index contributed by atoms with van der Waals surface area (Å²) in [6.45, 7) is 3.67. The first-order chi connectivity index (χ1) is 8.76. The van der Waals surface area contributed by atoms with Crippen LogP contribution in [0.1, 0.15) is 45.4 Å². The van der Waals surface area contributed by atoms with Crippen molar-refractivity contribution >= 4 is 10.8 Å². The van der Waals surface area contributed by atoms with Crippen LogP contribution >= 0.6 is 0 Å². The second-order valence-corrected chi connectivity index (χ2v) is 7.43. The first-order valence-electron chi connectivity index (χ1n) is 7.13. The molecule has 0 bridgehead atoms. The molecule has 1 aliphatic carbocycles. The van der Waals surface area contributed by atoms with Crippen LogP contribution in [-0.4, -0.2) is 27.9 Å². The Morgan fingerprint density at radius 3 is 2.61 bits per heavy atom. The molecule has 0 spiro atoms. The Morgan fingerprint density at radius 1 is 1.28 bits per heavy atom. The Bertz CT molecular complexity index is 333. The maximum atomic E-state index is 12.7. The molecule has 4 atom stereocenters. The van der Waals surface area contributed by atoms with Gasteiger partial charge in [-0.2, -0.15) is 5.26 Å². The Labute approximate surface area is 112 Å². The lowest BCUT2D eigenvalue weighted by molar-refractivity contribution is 0.0988. The summed E-state index contributed by atoms with van der Waals surface area (Å²) in [6, 6.07) is 2.39. The van der Waals surface area contributed by atoms with E-state index in [1.54, 1.807) is 0 Å². The second-order valence-electron chi connectivity index (χ2n) is 5.50. The summed E-state index contributed by atoms with van der Waals surface area (Å²) >= 11 is 0. The molecule has 0 aromatic heterocycles. The van der Waals surface area contributed by atoms with E-state index in [1.807, 2.05) is 0 Å². The lowest BCUT2D eigenvalue weighted by Gasteiger charge is -2.34. The first kappa shape index (κ1) is 14.0. The molecule has 102 valence electrons. The number of ether oxygens (including phenoxy) is 1. The van der Waals surface area contributed by atoms with Gasteiger partial charge in [0.1, 0.15) is 0 Å². The van der Waals surface area contributed by atoms with Gasteiger partial charge in [0.25, 0.3) is 0 Å². The highest BCUT2D eigenvalue weighted by atomic mass is 32.2. The van der Waals surface area contributed by atoms with Crippen molar-refractivity contribution in [2.45, 2.75) is 55.9 Å². The fraction of sp³-hybridized carbons (Fsp3) is 0.929. The topological polar surface area (TPSA) is 50.1 Å². The van der Waals surface area contributed by atoms with Gasteiger partial charge < -0.3 is 4.74 Å². The van der Waals surface area contributed by atoms with Crippen LogP contribution in [0.4, 0.5) is 0 Å². The van der Waals surface area contributed by atoms with Crippen molar-refractivity contribution in [1.82, 2.24) is 0 Å². The molecule has 1 aliphatic heterocycles. The van der Waals surface area contributed by atoms with Gasteiger partial charge in [-0.25, -0.2) is 0 Å². The third-order valence-electron chi connectivity index (χ3n) is 4.44. The minimum absolute atomic E-state index is 0.0106. The van der Waals surface area contributed by atoms with Crippen LogP contribution in [0, 0.1) is 23.2 Å². The molecule has 0 aromatic rings. The van der Waals surface area contributed by atoms with Gasteiger partial charge >= 0.3 is 0 Å². The first-order valence-corrected chi connectivity index (χ1v) is 8.40. The smallest absolute Gasteiger partial charge is 0.0668 e. The molecule has 18 heavy (non-hydrogen) atoms. The lowest BCUT2D eigenvalue weighted by atomic mass is 9.81. The van der Waals surface area contributed by atoms with Crippen molar-refractivity contribution in [3.05, 3.63) is 0 Å². The fourth-order valence-corrected chi connectivity index (χ4v) is 5.28. The van der Waals surface area contributed by atoms with Gasteiger partial charge in [0.05, 0.1) is 17.2 Å².